The van der Waals surface area contributed by atoms with Gasteiger partial charge in [0.25, 0.3) is 0 Å². The van der Waals surface area contributed by atoms with Crippen LogP contribution in [-0.4, -0.2) is 36.7 Å². The van der Waals surface area contributed by atoms with Crippen molar-refractivity contribution in [2.24, 2.45) is 11.8 Å². The monoisotopic (exact) mass is 478 g/mol. The van der Waals surface area contributed by atoms with E-state index in [0.29, 0.717) is 5.92 Å². The number of aliphatic hydroxyl groups is 1. The molecule has 0 aromatic heterocycles. The van der Waals surface area contributed by atoms with E-state index in [1.807, 2.05) is 6.08 Å². The van der Waals surface area contributed by atoms with E-state index in [9.17, 15) is 9.90 Å². The van der Waals surface area contributed by atoms with Crippen molar-refractivity contribution in [2.75, 3.05) is 0 Å². The average Bonchev–Trinajstić information content (AvgIpc) is 3.06. The summed E-state index contributed by atoms with van der Waals surface area (Å²) in [6.07, 6.45) is 15.1. The normalized spacial score (nSPS) is 20.7. The van der Waals surface area contributed by atoms with Crippen molar-refractivity contribution in [3.8, 4) is 0 Å². The third-order valence-corrected chi connectivity index (χ3v) is 12.1. The first kappa shape index (κ1) is 29.9. The minimum absolute atomic E-state index is 0.000235. The molecule has 1 unspecified atom stereocenters. The van der Waals surface area contributed by atoms with Crippen molar-refractivity contribution in [2.45, 2.75) is 129 Å². The molecule has 5 heteroatoms. The van der Waals surface area contributed by atoms with Gasteiger partial charge in [-0.1, -0.05) is 65.5 Å². The molecule has 0 bridgehead atoms. The molecule has 4 nitrogen and oxygen atoms in total. The predicted octanol–water partition coefficient (Wildman–Crippen LogP) is 7.65. The number of unbranched alkanes of at least 4 members (excludes halogenated alkanes) is 2. The molecule has 0 heterocycles. The second-order valence-electron chi connectivity index (χ2n) is 11.4. The molecule has 0 fully saturated rings. The Morgan fingerprint density at radius 1 is 1.27 bits per heavy atom. The number of carboxylic acid groups (broad SMARTS) is 1. The second-order valence-corrected chi connectivity index (χ2v) is 16.1. The third kappa shape index (κ3) is 10.8. The fourth-order valence-electron chi connectivity index (χ4n) is 4.30. The Morgan fingerprint density at radius 2 is 1.97 bits per heavy atom. The van der Waals surface area contributed by atoms with E-state index in [2.05, 4.69) is 59.5 Å². The lowest BCUT2D eigenvalue weighted by molar-refractivity contribution is -0.136. The zero-order valence-electron chi connectivity index (χ0n) is 22.3. The average molecular weight is 479 g/mol. The van der Waals surface area contributed by atoms with Gasteiger partial charge in [-0.05, 0) is 74.7 Å². The van der Waals surface area contributed by atoms with Crippen LogP contribution >= 0.6 is 0 Å². The van der Waals surface area contributed by atoms with Gasteiger partial charge in [0.1, 0.15) is 0 Å². The molecule has 1 aliphatic carbocycles. The molecule has 0 aliphatic heterocycles. The van der Waals surface area contributed by atoms with E-state index in [1.165, 1.54) is 31.3 Å². The van der Waals surface area contributed by atoms with Gasteiger partial charge in [-0.15, -0.1) is 5.73 Å². The smallest absolute Gasteiger partial charge is 0.307 e. The summed E-state index contributed by atoms with van der Waals surface area (Å²) in [5.74, 6) is -0.115. The molecule has 0 aromatic carbocycles. The van der Waals surface area contributed by atoms with Crippen LogP contribution in [0.1, 0.15) is 98.8 Å². The topological polar surface area (TPSA) is 66.8 Å². The van der Waals surface area contributed by atoms with E-state index in [1.54, 1.807) is 6.08 Å². The summed E-state index contributed by atoms with van der Waals surface area (Å²) in [6.45, 7) is 16.2. The van der Waals surface area contributed by atoms with Gasteiger partial charge in [0, 0.05) is 12.0 Å². The van der Waals surface area contributed by atoms with Crippen molar-refractivity contribution in [3.63, 3.8) is 0 Å². The highest BCUT2D eigenvalue weighted by Crippen LogP contribution is 2.40. The molecule has 2 N–H and O–H groups in total. The molecule has 1 aliphatic rings. The Morgan fingerprint density at radius 3 is 2.58 bits per heavy atom. The molecular formula is C28H50O4Si. The maximum atomic E-state index is 10.6. The van der Waals surface area contributed by atoms with Crippen LogP contribution < -0.4 is 0 Å². The highest BCUT2D eigenvalue weighted by atomic mass is 28.4. The number of hydrogen-bond donors (Lipinski definition) is 2. The highest BCUT2D eigenvalue weighted by Gasteiger charge is 2.40. The molecule has 0 radical (unpaired) electrons. The first-order valence-corrected chi connectivity index (χ1v) is 16.0. The Bertz CT molecular complexity index is 683. The number of aliphatic carboxylic acids is 1. The molecule has 33 heavy (non-hydrogen) atoms. The van der Waals surface area contributed by atoms with Crippen LogP contribution in [0.2, 0.25) is 18.1 Å². The van der Waals surface area contributed by atoms with Crippen molar-refractivity contribution in [3.05, 3.63) is 29.5 Å². The van der Waals surface area contributed by atoms with Crippen LogP contribution in [-0.2, 0) is 9.22 Å². The minimum Gasteiger partial charge on any atom is -0.481 e. The van der Waals surface area contributed by atoms with Gasteiger partial charge in [0.05, 0.1) is 12.5 Å². The van der Waals surface area contributed by atoms with Crippen LogP contribution in [0.15, 0.2) is 29.5 Å². The van der Waals surface area contributed by atoms with Gasteiger partial charge in [-0.3, -0.25) is 4.79 Å². The van der Waals surface area contributed by atoms with Gasteiger partial charge < -0.3 is 14.6 Å². The quantitative estimate of drug-likeness (QED) is 0.110. The van der Waals surface area contributed by atoms with Gasteiger partial charge in [-0.25, -0.2) is 0 Å². The lowest BCUT2D eigenvalue weighted by atomic mass is 9.88. The van der Waals surface area contributed by atoms with Crippen LogP contribution in [0, 0.1) is 11.8 Å². The molecule has 0 aromatic rings. The van der Waals surface area contributed by atoms with Crippen LogP contribution in [0.5, 0.6) is 0 Å². The zero-order valence-corrected chi connectivity index (χ0v) is 23.3. The number of aliphatic hydroxyl groups excluding tert-OH is 1. The molecule has 1 rings (SSSR count). The Kier molecular flexibility index (Phi) is 13.0. The summed E-state index contributed by atoms with van der Waals surface area (Å²) >= 11 is 0. The summed E-state index contributed by atoms with van der Waals surface area (Å²) in [5, 5.41) is 19.4. The summed E-state index contributed by atoms with van der Waals surface area (Å²) in [7, 11) is -1.85. The van der Waals surface area contributed by atoms with Gasteiger partial charge >= 0.3 is 5.97 Å². The fraction of sp³-hybridized carbons (Fsp3) is 0.786. The molecule has 0 amide bonds. The van der Waals surface area contributed by atoms with E-state index in [4.69, 9.17) is 9.53 Å². The minimum atomic E-state index is -1.85. The van der Waals surface area contributed by atoms with Crippen molar-refractivity contribution in [1.29, 1.82) is 0 Å². The van der Waals surface area contributed by atoms with E-state index < -0.39 is 14.3 Å². The van der Waals surface area contributed by atoms with E-state index >= 15 is 0 Å². The lowest BCUT2D eigenvalue weighted by Crippen LogP contribution is -2.45. The molecule has 190 valence electrons. The molecular weight excluding hydrogens is 428 g/mol. The molecule has 0 spiro atoms. The zero-order chi connectivity index (χ0) is 25.1. The highest BCUT2D eigenvalue weighted by molar-refractivity contribution is 6.74. The number of hydrogen-bond acceptors (Lipinski definition) is 3. The maximum Gasteiger partial charge on any atom is 0.307 e. The number of rotatable bonds is 15. The number of carboxylic acids is 1. The molecule has 0 saturated carbocycles. The van der Waals surface area contributed by atoms with Crippen LogP contribution in [0.4, 0.5) is 0 Å². The Hall–Kier alpha value is -1.13. The van der Waals surface area contributed by atoms with E-state index in [-0.39, 0.29) is 29.6 Å². The first-order chi connectivity index (χ1) is 15.4. The van der Waals surface area contributed by atoms with Crippen LogP contribution in [0.25, 0.3) is 0 Å². The van der Waals surface area contributed by atoms with Gasteiger partial charge in [0.15, 0.2) is 8.32 Å². The second kappa shape index (κ2) is 14.3. The Balaban J connectivity index is 2.77. The van der Waals surface area contributed by atoms with Gasteiger partial charge in [-0.2, -0.15) is 0 Å². The molecule has 4 atom stereocenters. The summed E-state index contributed by atoms with van der Waals surface area (Å²) < 4.78 is 6.94. The van der Waals surface area contributed by atoms with Crippen molar-refractivity contribution < 1.29 is 19.4 Å². The van der Waals surface area contributed by atoms with Gasteiger partial charge in [0.2, 0.25) is 0 Å². The molecule has 0 saturated heterocycles. The van der Waals surface area contributed by atoms with E-state index in [0.717, 1.165) is 32.1 Å². The summed E-state index contributed by atoms with van der Waals surface area (Å²) in [5.41, 5.74) is 4.32. The van der Waals surface area contributed by atoms with Crippen molar-refractivity contribution in [1.82, 2.24) is 0 Å². The summed E-state index contributed by atoms with van der Waals surface area (Å²) in [4.78, 5) is 10.6. The van der Waals surface area contributed by atoms with Crippen LogP contribution in [0.3, 0.4) is 0 Å². The predicted molar refractivity (Wildman–Crippen MR) is 141 cm³/mol. The standard InChI is InChI=1S/C28H50O4Si/c1-8-9-12-15-22(2)26(32-33(6,7)28(3,4)5)21-19-23-18-20-25(29)24(23)16-13-10-11-14-17-27(30)31/h10,14,18,22,24-26,29H,8-9,12-13,15-17,19-21H2,1-7H3,(H,30,31)/t11?,22?,24-,25+,26+/m1/s1. The lowest BCUT2D eigenvalue weighted by Gasteiger charge is -2.41. The number of carbonyl (C=O) groups is 1. The fourth-order valence-corrected chi connectivity index (χ4v) is 5.76. The summed E-state index contributed by atoms with van der Waals surface area (Å²) in [6, 6.07) is 0. The largest absolute Gasteiger partial charge is 0.481 e. The maximum absolute atomic E-state index is 10.6. The SMILES string of the molecule is CCCCCC(C)[C@H](CCC1=CC[C@H](O)[C@@H]1CCC=C=CCC(=O)O)O[Si](C)(C)C(C)(C)C. The van der Waals surface area contributed by atoms with Crippen molar-refractivity contribution >= 4 is 14.3 Å². The first-order valence-electron chi connectivity index (χ1n) is 13.0. The Labute approximate surface area is 204 Å². The third-order valence-electron chi connectivity index (χ3n) is 7.56.